The van der Waals surface area contributed by atoms with Gasteiger partial charge < -0.3 is 0 Å². The molecule has 122 valence electrons. The molecular weight excluding hydrogens is 357 g/mol. The maximum absolute atomic E-state index is 11.8. The maximum atomic E-state index is 11.8. The Balaban J connectivity index is 1.99. The van der Waals surface area contributed by atoms with Crippen molar-refractivity contribution in [3.05, 3.63) is 30.3 Å². The molecular formula is C17H27NO2SeSi. The Labute approximate surface area is 141 Å². The Morgan fingerprint density at radius 3 is 2.50 bits per heavy atom. The molecule has 2 atom stereocenters. The summed E-state index contributed by atoms with van der Waals surface area (Å²) >= 11 is 0.374. The Morgan fingerprint density at radius 2 is 1.91 bits per heavy atom. The number of hydrogen-bond donors (Lipinski definition) is 1. The van der Waals surface area contributed by atoms with Crippen LogP contribution in [0.5, 0.6) is 0 Å². The number of nitrogens with one attached hydrogen (secondary N) is 1. The second-order valence-electron chi connectivity index (χ2n) is 7.42. The average Bonchev–Trinajstić information content (AvgIpc) is 2.75. The molecule has 1 aliphatic heterocycles. The Kier molecular flexibility index (Phi) is 5.54. The summed E-state index contributed by atoms with van der Waals surface area (Å²) in [5, 5.41) is 4.30. The molecule has 0 unspecified atom stereocenters. The summed E-state index contributed by atoms with van der Waals surface area (Å²) in [5.74, 6) is 0.137. The zero-order valence-corrected chi connectivity index (χ0v) is 16.9. The number of benzene rings is 1. The van der Waals surface area contributed by atoms with Crippen molar-refractivity contribution in [2.75, 3.05) is 0 Å². The van der Waals surface area contributed by atoms with Gasteiger partial charge in [0.1, 0.15) is 0 Å². The molecule has 1 amide bonds. The van der Waals surface area contributed by atoms with Crippen molar-refractivity contribution in [3.8, 4) is 0 Å². The molecule has 0 aliphatic carbocycles. The molecule has 1 fully saturated rings. The van der Waals surface area contributed by atoms with E-state index in [4.69, 9.17) is 4.43 Å². The molecule has 22 heavy (non-hydrogen) atoms. The van der Waals surface area contributed by atoms with Crippen LogP contribution in [0.25, 0.3) is 0 Å². The van der Waals surface area contributed by atoms with Crippen LogP contribution in [0.4, 0.5) is 0 Å². The van der Waals surface area contributed by atoms with E-state index in [1.165, 1.54) is 4.46 Å². The van der Waals surface area contributed by atoms with Gasteiger partial charge in [0.05, 0.1) is 0 Å². The van der Waals surface area contributed by atoms with Crippen LogP contribution >= 0.6 is 0 Å². The first-order valence-corrected chi connectivity index (χ1v) is 12.8. The van der Waals surface area contributed by atoms with E-state index in [1.54, 1.807) is 0 Å². The number of hydrogen-bond acceptors (Lipinski definition) is 2. The summed E-state index contributed by atoms with van der Waals surface area (Å²) in [6.07, 6.45) is 0.557. The predicted molar refractivity (Wildman–Crippen MR) is 95.3 cm³/mol. The van der Waals surface area contributed by atoms with Crippen LogP contribution in [0.3, 0.4) is 0 Å². The van der Waals surface area contributed by atoms with E-state index in [9.17, 15) is 4.79 Å². The number of amides is 1. The fourth-order valence-electron chi connectivity index (χ4n) is 2.21. The molecule has 5 heteroatoms. The second kappa shape index (κ2) is 6.87. The van der Waals surface area contributed by atoms with Crippen molar-refractivity contribution < 1.29 is 9.22 Å². The van der Waals surface area contributed by atoms with Gasteiger partial charge in [-0.05, 0) is 0 Å². The topological polar surface area (TPSA) is 38.3 Å². The first-order chi connectivity index (χ1) is 10.2. The summed E-state index contributed by atoms with van der Waals surface area (Å²) in [6, 6.07) is 10.7. The van der Waals surface area contributed by atoms with Crippen LogP contribution in [0, 0.1) is 0 Å². The van der Waals surface area contributed by atoms with Gasteiger partial charge in [0.2, 0.25) is 0 Å². The number of carbonyl (C=O) groups excluding carboxylic acids is 1. The van der Waals surface area contributed by atoms with Crippen molar-refractivity contribution in [3.63, 3.8) is 0 Å². The van der Waals surface area contributed by atoms with E-state index in [0.29, 0.717) is 21.4 Å². The van der Waals surface area contributed by atoms with Gasteiger partial charge >= 0.3 is 141 Å². The van der Waals surface area contributed by atoms with E-state index in [0.717, 1.165) is 5.32 Å². The van der Waals surface area contributed by atoms with Crippen LogP contribution in [0.1, 0.15) is 27.2 Å². The predicted octanol–water partition coefficient (Wildman–Crippen LogP) is 2.71. The Hall–Kier alpha value is -0.614. The van der Waals surface area contributed by atoms with Gasteiger partial charge in [0.15, 0.2) is 0 Å². The van der Waals surface area contributed by atoms with Crippen LogP contribution in [0.15, 0.2) is 30.3 Å². The van der Waals surface area contributed by atoms with E-state index < -0.39 is 8.32 Å². The first-order valence-electron chi connectivity index (χ1n) is 7.84. The monoisotopic (exact) mass is 385 g/mol. The third-order valence-electron chi connectivity index (χ3n) is 4.61. The van der Waals surface area contributed by atoms with Crippen LogP contribution in [0.2, 0.25) is 23.5 Å². The number of carbonyl (C=O) groups is 1. The first kappa shape index (κ1) is 17.7. The fraction of sp³-hybridized carbons (Fsp3) is 0.588. The van der Waals surface area contributed by atoms with Gasteiger partial charge in [-0.2, -0.15) is 0 Å². The molecule has 0 radical (unpaired) electrons. The molecule has 1 aromatic rings. The van der Waals surface area contributed by atoms with Crippen LogP contribution < -0.4 is 9.78 Å². The minimum absolute atomic E-state index is 0.0407. The van der Waals surface area contributed by atoms with Gasteiger partial charge in [-0.1, -0.05) is 0 Å². The minimum atomic E-state index is -1.83. The molecule has 0 bridgehead atoms. The average molecular weight is 384 g/mol. The summed E-state index contributed by atoms with van der Waals surface area (Å²) in [4.78, 5) is 11.8. The van der Waals surface area contributed by atoms with Gasteiger partial charge in [0.25, 0.3) is 0 Å². The van der Waals surface area contributed by atoms with Gasteiger partial charge in [0, 0.05) is 0 Å². The van der Waals surface area contributed by atoms with Gasteiger partial charge in [-0.15, -0.1) is 0 Å². The van der Waals surface area contributed by atoms with Crippen LogP contribution in [-0.2, 0) is 9.22 Å². The Morgan fingerprint density at radius 1 is 1.27 bits per heavy atom. The van der Waals surface area contributed by atoms with Crippen molar-refractivity contribution in [2.24, 2.45) is 0 Å². The summed E-state index contributed by atoms with van der Waals surface area (Å²) in [5.41, 5.74) is 0. The molecule has 0 saturated carbocycles. The van der Waals surface area contributed by atoms with E-state index in [2.05, 4.69) is 63.4 Å². The zero-order chi connectivity index (χ0) is 16.4. The van der Waals surface area contributed by atoms with Crippen molar-refractivity contribution in [1.82, 2.24) is 5.32 Å². The zero-order valence-electron chi connectivity index (χ0n) is 14.2. The third-order valence-corrected chi connectivity index (χ3v) is 11.5. The molecule has 1 aromatic carbocycles. The Bertz CT molecular complexity index is 513. The summed E-state index contributed by atoms with van der Waals surface area (Å²) in [7, 11) is -1.83. The molecule has 0 spiro atoms. The molecule has 1 heterocycles. The molecule has 3 nitrogen and oxygen atoms in total. The molecule has 1 aliphatic rings. The quantitative estimate of drug-likeness (QED) is 0.793. The standard InChI is InChI=1S/C17H27NO2SeSi/c1-17(2,3)22(4,5)20-15-11-16(19)18-14(15)12-21-13-9-7-6-8-10-13/h6-10,14-15H,11-12H2,1-5H3,(H,18,19)/t14-,15-/m0/s1. The van der Waals surface area contributed by atoms with Crippen LogP contribution in [-0.4, -0.2) is 41.3 Å². The third kappa shape index (κ3) is 4.45. The van der Waals surface area contributed by atoms with Crippen molar-refractivity contribution in [2.45, 2.75) is 62.8 Å². The van der Waals surface area contributed by atoms with E-state index in [1.807, 2.05) is 6.07 Å². The molecule has 1 N–H and O–H groups in total. The molecule has 2 rings (SSSR count). The molecule has 0 aromatic heterocycles. The van der Waals surface area contributed by atoms with Crippen molar-refractivity contribution in [1.29, 1.82) is 0 Å². The fourth-order valence-corrected chi connectivity index (χ4v) is 5.71. The molecule has 1 saturated heterocycles. The van der Waals surface area contributed by atoms with E-state index in [-0.39, 0.29) is 23.1 Å². The second-order valence-corrected chi connectivity index (χ2v) is 14.5. The SMILES string of the molecule is CC(C)(C)[Si](C)(C)O[C@H]1CC(=O)N[C@H]1C[Se]c1ccccc1. The van der Waals surface area contributed by atoms with Gasteiger partial charge in [-0.3, -0.25) is 0 Å². The van der Waals surface area contributed by atoms with E-state index >= 15 is 0 Å². The summed E-state index contributed by atoms with van der Waals surface area (Å²) < 4.78 is 7.88. The summed E-state index contributed by atoms with van der Waals surface area (Å²) in [6.45, 7) is 11.2. The van der Waals surface area contributed by atoms with Gasteiger partial charge in [-0.25, -0.2) is 0 Å². The number of rotatable bonds is 5. The normalized spacial score (nSPS) is 22.7. The van der Waals surface area contributed by atoms with Crippen molar-refractivity contribution >= 4 is 33.6 Å².